The van der Waals surface area contributed by atoms with E-state index >= 15 is 0 Å². The standard InChI is InChI=1S/C18H18BrN3O3S/c1-24-16-10-12(5-9-17(23)21-22-18(20)26)4-8-15(16)25-11-13-2-6-14(19)7-3-13/h2-10H,11H2,1H3,(H,21,23)(H3,20,22,26)/b9-5+. The Labute approximate surface area is 165 Å². The predicted molar refractivity (Wildman–Crippen MR) is 109 cm³/mol. The van der Waals surface area contributed by atoms with Crippen molar-refractivity contribution in [2.45, 2.75) is 6.61 Å². The summed E-state index contributed by atoms with van der Waals surface area (Å²) in [6.45, 7) is 0.423. The number of halogens is 1. The largest absolute Gasteiger partial charge is 0.493 e. The average molecular weight is 436 g/mol. The van der Waals surface area contributed by atoms with Gasteiger partial charge in [-0.3, -0.25) is 15.6 Å². The molecule has 2 aromatic carbocycles. The van der Waals surface area contributed by atoms with E-state index in [-0.39, 0.29) is 11.0 Å². The molecule has 0 bridgehead atoms. The van der Waals surface area contributed by atoms with Crippen LogP contribution in [0.3, 0.4) is 0 Å². The van der Waals surface area contributed by atoms with Crippen molar-refractivity contribution in [1.82, 2.24) is 10.9 Å². The number of nitrogens with two attached hydrogens (primary N) is 1. The van der Waals surface area contributed by atoms with Gasteiger partial charge in [-0.1, -0.05) is 34.1 Å². The van der Waals surface area contributed by atoms with Crippen LogP contribution >= 0.6 is 28.1 Å². The van der Waals surface area contributed by atoms with E-state index in [0.29, 0.717) is 18.1 Å². The first kappa shape index (κ1) is 19.7. The zero-order valence-corrected chi connectivity index (χ0v) is 16.4. The van der Waals surface area contributed by atoms with Gasteiger partial charge >= 0.3 is 0 Å². The third-order valence-corrected chi connectivity index (χ3v) is 3.86. The van der Waals surface area contributed by atoms with Crippen LogP contribution in [0, 0.1) is 0 Å². The van der Waals surface area contributed by atoms with Gasteiger partial charge in [0.05, 0.1) is 7.11 Å². The molecule has 0 aromatic heterocycles. The van der Waals surface area contributed by atoms with Crippen LogP contribution in [-0.4, -0.2) is 18.1 Å². The number of nitrogens with one attached hydrogen (secondary N) is 2. The number of hydrazine groups is 1. The number of methoxy groups -OCH3 is 1. The summed E-state index contributed by atoms with van der Waals surface area (Å²) >= 11 is 8.00. The highest BCUT2D eigenvalue weighted by atomic mass is 79.9. The maximum absolute atomic E-state index is 11.6. The van der Waals surface area contributed by atoms with E-state index in [0.717, 1.165) is 15.6 Å². The van der Waals surface area contributed by atoms with Gasteiger partial charge in [-0.2, -0.15) is 0 Å². The molecule has 0 atom stereocenters. The van der Waals surface area contributed by atoms with E-state index in [1.54, 1.807) is 25.3 Å². The second-order valence-electron chi connectivity index (χ2n) is 5.14. The Morgan fingerprint density at radius 2 is 1.92 bits per heavy atom. The maximum atomic E-state index is 11.6. The quantitative estimate of drug-likeness (QED) is 0.367. The normalized spacial score (nSPS) is 10.4. The Hall–Kier alpha value is -2.58. The van der Waals surface area contributed by atoms with E-state index in [2.05, 4.69) is 39.0 Å². The lowest BCUT2D eigenvalue weighted by atomic mass is 10.2. The van der Waals surface area contributed by atoms with E-state index in [1.165, 1.54) is 6.08 Å². The van der Waals surface area contributed by atoms with Gasteiger partial charge in [0.15, 0.2) is 16.6 Å². The van der Waals surface area contributed by atoms with Crippen LogP contribution in [0.25, 0.3) is 6.08 Å². The van der Waals surface area contributed by atoms with Crippen LogP contribution in [0.5, 0.6) is 11.5 Å². The van der Waals surface area contributed by atoms with Crippen LogP contribution in [0.2, 0.25) is 0 Å². The molecule has 2 rings (SSSR count). The minimum absolute atomic E-state index is 0.0132. The van der Waals surface area contributed by atoms with Gasteiger partial charge in [0.1, 0.15) is 6.61 Å². The summed E-state index contributed by atoms with van der Waals surface area (Å²) in [4.78, 5) is 11.6. The molecule has 0 saturated heterocycles. The van der Waals surface area contributed by atoms with Gasteiger partial charge in [-0.05, 0) is 53.7 Å². The molecular weight excluding hydrogens is 418 g/mol. The lowest BCUT2D eigenvalue weighted by molar-refractivity contribution is -0.116. The molecule has 0 aliphatic carbocycles. The van der Waals surface area contributed by atoms with Crippen molar-refractivity contribution >= 4 is 45.2 Å². The van der Waals surface area contributed by atoms with Gasteiger partial charge in [-0.15, -0.1) is 0 Å². The van der Waals surface area contributed by atoms with Crippen LogP contribution in [-0.2, 0) is 11.4 Å². The molecule has 0 fully saturated rings. The second kappa shape index (κ2) is 9.79. The molecule has 4 N–H and O–H groups in total. The summed E-state index contributed by atoms with van der Waals surface area (Å²) in [6.07, 6.45) is 2.99. The van der Waals surface area contributed by atoms with E-state index in [4.69, 9.17) is 15.2 Å². The zero-order chi connectivity index (χ0) is 18.9. The first-order chi connectivity index (χ1) is 12.5. The number of carbonyl (C=O) groups excluding carboxylic acids is 1. The van der Waals surface area contributed by atoms with Crippen molar-refractivity contribution in [2.24, 2.45) is 5.73 Å². The SMILES string of the molecule is COc1cc(/C=C/C(=O)NNC(N)=S)ccc1OCc1ccc(Br)cc1. The number of ether oxygens (including phenoxy) is 2. The smallest absolute Gasteiger partial charge is 0.262 e. The molecule has 0 heterocycles. The first-order valence-electron chi connectivity index (χ1n) is 7.56. The summed E-state index contributed by atoms with van der Waals surface area (Å²) in [5.74, 6) is 0.811. The second-order valence-corrected chi connectivity index (χ2v) is 6.49. The minimum atomic E-state index is -0.382. The van der Waals surface area contributed by atoms with Gasteiger partial charge in [0, 0.05) is 10.5 Å². The van der Waals surface area contributed by atoms with Crippen molar-refractivity contribution < 1.29 is 14.3 Å². The molecule has 0 spiro atoms. The highest BCUT2D eigenvalue weighted by Crippen LogP contribution is 2.29. The molecule has 0 unspecified atom stereocenters. The third-order valence-electron chi connectivity index (χ3n) is 3.23. The monoisotopic (exact) mass is 435 g/mol. The van der Waals surface area contributed by atoms with Crippen molar-refractivity contribution in [1.29, 1.82) is 0 Å². The topological polar surface area (TPSA) is 85.6 Å². The maximum Gasteiger partial charge on any atom is 0.262 e. The Bertz CT molecular complexity index is 810. The van der Waals surface area contributed by atoms with Crippen molar-refractivity contribution in [3.05, 3.63) is 64.1 Å². The number of carbonyl (C=O) groups is 1. The average Bonchev–Trinajstić information content (AvgIpc) is 2.64. The number of hydrogen-bond acceptors (Lipinski definition) is 4. The third kappa shape index (κ3) is 6.38. The van der Waals surface area contributed by atoms with E-state index in [9.17, 15) is 4.79 Å². The van der Waals surface area contributed by atoms with Crippen LogP contribution < -0.4 is 26.1 Å². The molecule has 0 aliphatic heterocycles. The van der Waals surface area contributed by atoms with Crippen LogP contribution in [0.4, 0.5) is 0 Å². The fourth-order valence-electron chi connectivity index (χ4n) is 1.99. The summed E-state index contributed by atoms with van der Waals surface area (Å²) in [7, 11) is 1.56. The fraction of sp³-hybridized carbons (Fsp3) is 0.111. The molecule has 0 aliphatic rings. The molecule has 1 amide bonds. The van der Waals surface area contributed by atoms with Crippen LogP contribution in [0.15, 0.2) is 53.0 Å². The van der Waals surface area contributed by atoms with Crippen LogP contribution in [0.1, 0.15) is 11.1 Å². The number of benzene rings is 2. The Kier molecular flexibility index (Phi) is 7.43. The molecule has 136 valence electrons. The molecule has 0 saturated carbocycles. The Balaban J connectivity index is 2.00. The minimum Gasteiger partial charge on any atom is -0.493 e. The zero-order valence-electron chi connectivity index (χ0n) is 14.0. The van der Waals surface area contributed by atoms with Crippen molar-refractivity contribution in [3.8, 4) is 11.5 Å². The van der Waals surface area contributed by atoms with E-state index < -0.39 is 0 Å². The molecule has 26 heavy (non-hydrogen) atoms. The predicted octanol–water partition coefficient (Wildman–Crippen LogP) is 2.91. The Morgan fingerprint density at radius 3 is 2.58 bits per heavy atom. The van der Waals surface area contributed by atoms with Crippen molar-refractivity contribution in [2.75, 3.05) is 7.11 Å². The Morgan fingerprint density at radius 1 is 1.19 bits per heavy atom. The van der Waals surface area contributed by atoms with Gasteiger partial charge in [-0.25, -0.2) is 0 Å². The lowest BCUT2D eigenvalue weighted by Crippen LogP contribution is -2.43. The summed E-state index contributed by atoms with van der Waals surface area (Å²) in [5, 5.41) is -0.0132. The summed E-state index contributed by atoms with van der Waals surface area (Å²) in [5.41, 5.74) is 11.7. The van der Waals surface area contributed by atoms with Crippen molar-refractivity contribution in [3.63, 3.8) is 0 Å². The molecule has 6 nitrogen and oxygen atoms in total. The molecule has 2 aromatic rings. The van der Waals surface area contributed by atoms with Gasteiger partial charge in [0.2, 0.25) is 0 Å². The molecule has 8 heteroatoms. The highest BCUT2D eigenvalue weighted by molar-refractivity contribution is 9.10. The number of amides is 1. The number of rotatable bonds is 6. The number of hydrogen-bond donors (Lipinski definition) is 3. The number of thiocarbonyl (C=S) groups is 1. The molecule has 0 radical (unpaired) electrons. The highest BCUT2D eigenvalue weighted by Gasteiger charge is 2.06. The lowest BCUT2D eigenvalue weighted by Gasteiger charge is -2.11. The molecular formula is C18H18BrN3O3S. The van der Waals surface area contributed by atoms with Gasteiger partial charge < -0.3 is 15.2 Å². The summed E-state index contributed by atoms with van der Waals surface area (Å²) < 4.78 is 12.2. The van der Waals surface area contributed by atoms with Gasteiger partial charge in [0.25, 0.3) is 5.91 Å². The fourth-order valence-corrected chi connectivity index (χ4v) is 2.30. The van der Waals surface area contributed by atoms with E-state index in [1.807, 2.05) is 30.3 Å². The summed E-state index contributed by atoms with van der Waals surface area (Å²) in [6, 6.07) is 13.3. The first-order valence-corrected chi connectivity index (χ1v) is 8.77.